The van der Waals surface area contributed by atoms with Crippen LogP contribution in [0.2, 0.25) is 0 Å². The predicted molar refractivity (Wildman–Crippen MR) is 96.9 cm³/mol. The molecule has 2 rings (SSSR count). The molecule has 0 heterocycles. The molecule has 2 amide bonds. The Kier molecular flexibility index (Phi) is 6.28. The molecule has 0 spiro atoms. The molecule has 0 fully saturated rings. The molecular formula is C20H23FN2O2. The zero-order chi connectivity index (χ0) is 18.4. The third-order valence-corrected chi connectivity index (χ3v) is 4.23. The number of benzene rings is 2. The summed E-state index contributed by atoms with van der Waals surface area (Å²) >= 11 is 0. The summed E-state index contributed by atoms with van der Waals surface area (Å²) in [6, 6.07) is 11.8. The molecule has 0 bridgehead atoms. The van der Waals surface area contributed by atoms with E-state index in [-0.39, 0.29) is 30.6 Å². The number of likely N-dealkylation sites (N-methyl/N-ethyl adjacent to an activating group) is 1. The lowest BCUT2D eigenvalue weighted by atomic mass is 10.1. The number of aryl methyl sites for hydroxylation is 2. The predicted octanol–water partition coefficient (Wildman–Crippen LogP) is 3.47. The van der Waals surface area contributed by atoms with E-state index in [1.807, 2.05) is 32.0 Å². The van der Waals surface area contributed by atoms with Gasteiger partial charge in [-0.25, -0.2) is 4.39 Å². The van der Waals surface area contributed by atoms with Gasteiger partial charge in [-0.3, -0.25) is 9.59 Å². The fourth-order valence-corrected chi connectivity index (χ4v) is 2.47. The summed E-state index contributed by atoms with van der Waals surface area (Å²) < 4.78 is 12.9. The van der Waals surface area contributed by atoms with Crippen LogP contribution in [0.5, 0.6) is 0 Å². The van der Waals surface area contributed by atoms with Crippen LogP contribution in [0.1, 0.15) is 23.1 Å². The first kappa shape index (κ1) is 18.6. The van der Waals surface area contributed by atoms with Crippen LogP contribution in [0.4, 0.5) is 10.1 Å². The summed E-state index contributed by atoms with van der Waals surface area (Å²) in [6.45, 7) is 3.92. The highest BCUT2D eigenvalue weighted by Gasteiger charge is 2.14. The minimum atomic E-state index is -0.296. The molecule has 5 heteroatoms. The van der Waals surface area contributed by atoms with Crippen molar-refractivity contribution in [1.29, 1.82) is 0 Å². The Balaban J connectivity index is 1.84. The summed E-state index contributed by atoms with van der Waals surface area (Å²) in [7, 11) is 1.61. The number of carbonyl (C=O) groups excluding carboxylic acids is 2. The highest BCUT2D eigenvalue weighted by atomic mass is 19.1. The van der Waals surface area contributed by atoms with Crippen LogP contribution in [0.25, 0.3) is 0 Å². The summed E-state index contributed by atoms with van der Waals surface area (Å²) in [4.78, 5) is 25.7. The van der Waals surface area contributed by atoms with Crippen molar-refractivity contribution in [1.82, 2.24) is 4.90 Å². The molecule has 0 aliphatic heterocycles. The van der Waals surface area contributed by atoms with Crippen molar-refractivity contribution < 1.29 is 14.0 Å². The van der Waals surface area contributed by atoms with Gasteiger partial charge in [-0.15, -0.1) is 0 Å². The highest BCUT2D eigenvalue weighted by Crippen LogP contribution is 2.17. The Morgan fingerprint density at radius 2 is 1.76 bits per heavy atom. The van der Waals surface area contributed by atoms with Crippen LogP contribution in [-0.4, -0.2) is 30.3 Å². The molecule has 132 valence electrons. The summed E-state index contributed by atoms with van der Waals surface area (Å²) in [5, 5.41) is 2.84. The van der Waals surface area contributed by atoms with Crippen molar-refractivity contribution in [2.45, 2.75) is 26.7 Å². The lowest BCUT2D eigenvalue weighted by Gasteiger charge is -2.18. The SMILES string of the molecule is Cc1cccc(NC(=O)CN(C)C(=O)CCc2ccc(F)cc2)c1C. The topological polar surface area (TPSA) is 49.4 Å². The number of hydrogen-bond donors (Lipinski definition) is 1. The monoisotopic (exact) mass is 342 g/mol. The average Bonchev–Trinajstić information content (AvgIpc) is 2.58. The minimum absolute atomic E-state index is 0.00433. The van der Waals surface area contributed by atoms with Gasteiger partial charge in [0.05, 0.1) is 6.54 Å². The maximum absolute atomic E-state index is 12.9. The van der Waals surface area contributed by atoms with Gasteiger partial charge in [0.15, 0.2) is 0 Å². The molecule has 2 aromatic carbocycles. The molecule has 0 saturated heterocycles. The molecule has 4 nitrogen and oxygen atoms in total. The van der Waals surface area contributed by atoms with E-state index in [0.29, 0.717) is 6.42 Å². The van der Waals surface area contributed by atoms with E-state index in [0.717, 1.165) is 22.4 Å². The van der Waals surface area contributed by atoms with Crippen LogP contribution >= 0.6 is 0 Å². The highest BCUT2D eigenvalue weighted by molar-refractivity contribution is 5.95. The van der Waals surface area contributed by atoms with Crippen LogP contribution < -0.4 is 5.32 Å². The van der Waals surface area contributed by atoms with Gasteiger partial charge in [-0.1, -0.05) is 24.3 Å². The molecule has 2 aromatic rings. The van der Waals surface area contributed by atoms with Gasteiger partial charge in [-0.2, -0.15) is 0 Å². The van der Waals surface area contributed by atoms with Crippen molar-refractivity contribution in [2.75, 3.05) is 18.9 Å². The van der Waals surface area contributed by atoms with E-state index < -0.39 is 0 Å². The Morgan fingerprint density at radius 3 is 2.44 bits per heavy atom. The van der Waals surface area contributed by atoms with E-state index in [4.69, 9.17) is 0 Å². The van der Waals surface area contributed by atoms with Crippen LogP contribution in [-0.2, 0) is 16.0 Å². The zero-order valence-electron chi connectivity index (χ0n) is 14.8. The van der Waals surface area contributed by atoms with Gasteiger partial charge in [0.25, 0.3) is 0 Å². The fraction of sp³-hybridized carbons (Fsp3) is 0.300. The first-order chi connectivity index (χ1) is 11.9. The van der Waals surface area contributed by atoms with Crippen molar-refractivity contribution in [3.05, 3.63) is 65.0 Å². The zero-order valence-corrected chi connectivity index (χ0v) is 14.8. The second-order valence-electron chi connectivity index (χ2n) is 6.17. The number of hydrogen-bond acceptors (Lipinski definition) is 2. The van der Waals surface area contributed by atoms with E-state index in [1.54, 1.807) is 19.2 Å². The fourth-order valence-electron chi connectivity index (χ4n) is 2.47. The molecule has 0 unspecified atom stereocenters. The van der Waals surface area contributed by atoms with Crippen molar-refractivity contribution in [2.24, 2.45) is 0 Å². The number of rotatable bonds is 6. The van der Waals surface area contributed by atoms with Crippen molar-refractivity contribution >= 4 is 17.5 Å². The number of carbonyl (C=O) groups is 2. The van der Waals surface area contributed by atoms with E-state index in [1.165, 1.54) is 17.0 Å². The molecule has 25 heavy (non-hydrogen) atoms. The maximum atomic E-state index is 12.9. The Bertz CT molecular complexity index is 757. The molecule has 0 saturated carbocycles. The van der Waals surface area contributed by atoms with Crippen LogP contribution in [0.15, 0.2) is 42.5 Å². The standard InChI is InChI=1S/C20H23FN2O2/c1-14-5-4-6-18(15(14)2)22-19(24)13-23(3)20(25)12-9-16-7-10-17(21)11-8-16/h4-8,10-11H,9,12-13H2,1-3H3,(H,22,24). The van der Waals surface area contributed by atoms with Crippen LogP contribution in [0.3, 0.4) is 0 Å². The first-order valence-electron chi connectivity index (χ1n) is 8.21. The quantitative estimate of drug-likeness (QED) is 0.874. The van der Waals surface area contributed by atoms with Crippen LogP contribution in [0, 0.1) is 19.7 Å². The lowest BCUT2D eigenvalue weighted by molar-refractivity contribution is -0.133. The van der Waals surface area contributed by atoms with Gasteiger partial charge in [0.1, 0.15) is 5.82 Å². The summed E-state index contributed by atoms with van der Waals surface area (Å²) in [6.07, 6.45) is 0.793. The number of amides is 2. The van der Waals surface area contributed by atoms with E-state index in [2.05, 4.69) is 5.32 Å². The molecule has 0 aliphatic carbocycles. The Labute approximate surface area is 147 Å². The van der Waals surface area contributed by atoms with Crippen molar-refractivity contribution in [3.8, 4) is 0 Å². The molecule has 1 N–H and O–H groups in total. The summed E-state index contributed by atoms with van der Waals surface area (Å²) in [5.41, 5.74) is 3.77. The number of nitrogens with one attached hydrogen (secondary N) is 1. The van der Waals surface area contributed by atoms with E-state index in [9.17, 15) is 14.0 Å². The molecule has 0 aromatic heterocycles. The molecule has 0 atom stereocenters. The number of anilines is 1. The Morgan fingerprint density at radius 1 is 1.08 bits per heavy atom. The summed E-state index contributed by atoms with van der Waals surface area (Å²) in [5.74, 6) is -0.651. The van der Waals surface area contributed by atoms with Crippen molar-refractivity contribution in [3.63, 3.8) is 0 Å². The second kappa shape index (κ2) is 8.42. The maximum Gasteiger partial charge on any atom is 0.243 e. The number of halogens is 1. The minimum Gasteiger partial charge on any atom is -0.336 e. The first-order valence-corrected chi connectivity index (χ1v) is 8.21. The molecule has 0 radical (unpaired) electrons. The van der Waals surface area contributed by atoms with Gasteiger partial charge >= 0.3 is 0 Å². The average molecular weight is 342 g/mol. The second-order valence-corrected chi connectivity index (χ2v) is 6.17. The third-order valence-electron chi connectivity index (χ3n) is 4.23. The van der Waals surface area contributed by atoms with Gasteiger partial charge in [-0.05, 0) is 55.2 Å². The molecule has 0 aliphatic rings. The number of nitrogens with zero attached hydrogens (tertiary/aromatic N) is 1. The Hall–Kier alpha value is -2.69. The lowest BCUT2D eigenvalue weighted by Crippen LogP contribution is -2.35. The molecular weight excluding hydrogens is 319 g/mol. The third kappa shape index (κ3) is 5.41. The smallest absolute Gasteiger partial charge is 0.243 e. The van der Waals surface area contributed by atoms with Gasteiger partial charge in [0, 0.05) is 19.2 Å². The van der Waals surface area contributed by atoms with Gasteiger partial charge < -0.3 is 10.2 Å². The normalized spacial score (nSPS) is 10.4. The largest absolute Gasteiger partial charge is 0.336 e. The van der Waals surface area contributed by atoms with Gasteiger partial charge in [0.2, 0.25) is 11.8 Å². The van der Waals surface area contributed by atoms with E-state index >= 15 is 0 Å².